The van der Waals surface area contributed by atoms with Crippen molar-refractivity contribution in [2.75, 3.05) is 18.5 Å². The molecule has 2 aromatic rings. The summed E-state index contributed by atoms with van der Waals surface area (Å²) in [4.78, 5) is 25.7. The summed E-state index contributed by atoms with van der Waals surface area (Å²) in [6, 6.07) is 9.91. The van der Waals surface area contributed by atoms with Crippen LogP contribution in [0.3, 0.4) is 0 Å². The van der Waals surface area contributed by atoms with Gasteiger partial charge < -0.3 is 15.4 Å². The SMILES string of the molecule is CCOC(=O)c1c(NC(=O)CNCc2ccccc2)sc2c1CCC2. The van der Waals surface area contributed by atoms with E-state index in [1.807, 2.05) is 30.3 Å². The highest BCUT2D eigenvalue weighted by Gasteiger charge is 2.28. The molecule has 5 nitrogen and oxygen atoms in total. The van der Waals surface area contributed by atoms with E-state index in [-0.39, 0.29) is 18.4 Å². The number of nitrogens with one attached hydrogen (secondary N) is 2. The van der Waals surface area contributed by atoms with Crippen LogP contribution in [0.4, 0.5) is 5.00 Å². The molecule has 1 aromatic carbocycles. The van der Waals surface area contributed by atoms with Gasteiger partial charge in [0.15, 0.2) is 0 Å². The highest BCUT2D eigenvalue weighted by Crippen LogP contribution is 2.39. The van der Waals surface area contributed by atoms with E-state index in [1.54, 1.807) is 6.92 Å². The third kappa shape index (κ3) is 4.27. The highest BCUT2D eigenvalue weighted by molar-refractivity contribution is 7.17. The average Bonchev–Trinajstić information content (AvgIpc) is 3.16. The first-order valence-electron chi connectivity index (χ1n) is 8.55. The second-order valence-electron chi connectivity index (χ2n) is 5.92. The van der Waals surface area contributed by atoms with Crippen LogP contribution < -0.4 is 10.6 Å². The van der Waals surface area contributed by atoms with Crippen molar-refractivity contribution in [2.24, 2.45) is 0 Å². The minimum absolute atomic E-state index is 0.151. The summed E-state index contributed by atoms with van der Waals surface area (Å²) < 4.78 is 5.17. The molecule has 3 rings (SSSR count). The largest absolute Gasteiger partial charge is 0.462 e. The molecule has 1 aromatic heterocycles. The van der Waals surface area contributed by atoms with Crippen molar-refractivity contribution in [2.45, 2.75) is 32.7 Å². The van der Waals surface area contributed by atoms with Crippen molar-refractivity contribution >= 4 is 28.2 Å². The lowest BCUT2D eigenvalue weighted by Crippen LogP contribution is -2.28. The smallest absolute Gasteiger partial charge is 0.341 e. The van der Waals surface area contributed by atoms with Gasteiger partial charge in [0.05, 0.1) is 18.7 Å². The van der Waals surface area contributed by atoms with Crippen molar-refractivity contribution < 1.29 is 14.3 Å². The fourth-order valence-electron chi connectivity index (χ4n) is 3.00. The van der Waals surface area contributed by atoms with Crippen LogP contribution in [-0.4, -0.2) is 25.0 Å². The molecule has 25 heavy (non-hydrogen) atoms. The topological polar surface area (TPSA) is 67.4 Å². The van der Waals surface area contributed by atoms with E-state index in [1.165, 1.54) is 16.2 Å². The molecule has 0 fully saturated rings. The van der Waals surface area contributed by atoms with E-state index in [0.29, 0.717) is 23.7 Å². The Labute approximate surface area is 151 Å². The monoisotopic (exact) mass is 358 g/mol. The molecule has 1 amide bonds. The summed E-state index contributed by atoms with van der Waals surface area (Å²) in [5.41, 5.74) is 2.73. The minimum Gasteiger partial charge on any atom is -0.462 e. The maximum Gasteiger partial charge on any atom is 0.341 e. The van der Waals surface area contributed by atoms with Crippen molar-refractivity contribution in [3.8, 4) is 0 Å². The first kappa shape index (κ1) is 17.6. The predicted molar refractivity (Wildman–Crippen MR) is 99.1 cm³/mol. The van der Waals surface area contributed by atoms with Crippen molar-refractivity contribution in [1.29, 1.82) is 0 Å². The van der Waals surface area contributed by atoms with E-state index in [0.717, 1.165) is 30.4 Å². The number of amides is 1. The summed E-state index contributed by atoms with van der Waals surface area (Å²) in [6.45, 7) is 2.94. The molecular weight excluding hydrogens is 336 g/mol. The number of fused-ring (bicyclic) bond motifs is 1. The van der Waals surface area contributed by atoms with Crippen LogP contribution in [0.2, 0.25) is 0 Å². The molecule has 2 N–H and O–H groups in total. The van der Waals surface area contributed by atoms with E-state index in [4.69, 9.17) is 4.74 Å². The molecule has 0 unspecified atom stereocenters. The number of esters is 1. The highest BCUT2D eigenvalue weighted by atomic mass is 32.1. The maximum atomic E-state index is 12.3. The summed E-state index contributed by atoms with van der Waals surface area (Å²) in [7, 11) is 0. The first-order chi connectivity index (χ1) is 12.2. The van der Waals surface area contributed by atoms with Crippen molar-refractivity contribution in [3.05, 3.63) is 51.9 Å². The number of rotatable bonds is 7. The lowest BCUT2D eigenvalue weighted by atomic mass is 10.1. The molecule has 0 radical (unpaired) electrons. The normalized spacial score (nSPS) is 12.7. The van der Waals surface area contributed by atoms with Gasteiger partial charge in [-0.1, -0.05) is 30.3 Å². The third-order valence-corrected chi connectivity index (χ3v) is 5.32. The van der Waals surface area contributed by atoms with Gasteiger partial charge in [0.1, 0.15) is 5.00 Å². The standard InChI is InChI=1S/C19H22N2O3S/c1-2-24-19(23)17-14-9-6-10-15(14)25-18(17)21-16(22)12-20-11-13-7-4-3-5-8-13/h3-5,7-8,20H,2,6,9-12H2,1H3,(H,21,22). The molecule has 132 valence electrons. The second-order valence-corrected chi connectivity index (χ2v) is 7.02. The number of thiophene rings is 1. The Morgan fingerprint density at radius 3 is 2.76 bits per heavy atom. The number of carbonyl (C=O) groups excluding carboxylic acids is 2. The fraction of sp³-hybridized carbons (Fsp3) is 0.368. The van der Waals surface area contributed by atoms with Crippen molar-refractivity contribution in [1.82, 2.24) is 5.32 Å². The van der Waals surface area contributed by atoms with Gasteiger partial charge >= 0.3 is 5.97 Å². The molecule has 1 aliphatic rings. The zero-order valence-electron chi connectivity index (χ0n) is 14.3. The van der Waals surface area contributed by atoms with Gasteiger partial charge in [0.2, 0.25) is 5.91 Å². The molecule has 0 saturated heterocycles. The maximum absolute atomic E-state index is 12.3. The third-order valence-electron chi connectivity index (χ3n) is 4.11. The molecule has 1 aliphatic carbocycles. The molecular formula is C19H22N2O3S. The number of anilines is 1. The van der Waals surface area contributed by atoms with Crippen LogP contribution in [0, 0.1) is 0 Å². The van der Waals surface area contributed by atoms with Gasteiger partial charge in [0, 0.05) is 11.4 Å². The quantitative estimate of drug-likeness (QED) is 0.746. The van der Waals surface area contributed by atoms with Gasteiger partial charge in [0.25, 0.3) is 0 Å². The molecule has 0 spiro atoms. The first-order valence-corrected chi connectivity index (χ1v) is 9.36. The Kier molecular flexibility index (Phi) is 5.83. The van der Waals surface area contributed by atoms with Crippen LogP contribution in [-0.2, 0) is 28.9 Å². The van der Waals surface area contributed by atoms with Gasteiger partial charge in [-0.3, -0.25) is 4.79 Å². The van der Waals surface area contributed by atoms with Crippen LogP contribution in [0.15, 0.2) is 30.3 Å². The van der Waals surface area contributed by atoms with E-state index in [9.17, 15) is 9.59 Å². The number of hydrogen-bond donors (Lipinski definition) is 2. The number of benzene rings is 1. The minimum atomic E-state index is -0.338. The molecule has 1 heterocycles. The van der Waals surface area contributed by atoms with Crippen LogP contribution in [0.1, 0.15) is 39.7 Å². The Morgan fingerprint density at radius 2 is 2.00 bits per heavy atom. The summed E-state index contributed by atoms with van der Waals surface area (Å²) in [6.07, 6.45) is 2.90. The Balaban J connectivity index is 1.62. The number of ether oxygens (including phenoxy) is 1. The lowest BCUT2D eigenvalue weighted by molar-refractivity contribution is -0.115. The molecule has 0 bridgehead atoms. The molecule has 0 atom stereocenters. The number of hydrogen-bond acceptors (Lipinski definition) is 5. The van der Waals surface area contributed by atoms with Gasteiger partial charge in [-0.25, -0.2) is 4.79 Å². The van der Waals surface area contributed by atoms with Gasteiger partial charge in [-0.2, -0.15) is 0 Å². The Bertz CT molecular complexity index is 756. The number of carbonyl (C=O) groups is 2. The van der Waals surface area contributed by atoms with Gasteiger partial charge in [-0.15, -0.1) is 11.3 Å². The second kappa shape index (κ2) is 8.27. The Hall–Kier alpha value is -2.18. The van der Waals surface area contributed by atoms with Gasteiger partial charge in [-0.05, 0) is 37.3 Å². The molecule has 0 saturated carbocycles. The van der Waals surface area contributed by atoms with E-state index in [2.05, 4.69) is 10.6 Å². The lowest BCUT2D eigenvalue weighted by Gasteiger charge is -2.09. The average molecular weight is 358 g/mol. The summed E-state index contributed by atoms with van der Waals surface area (Å²) in [5, 5.41) is 6.62. The number of aryl methyl sites for hydroxylation is 1. The van der Waals surface area contributed by atoms with Crippen LogP contribution in [0.25, 0.3) is 0 Å². The fourth-order valence-corrected chi connectivity index (χ4v) is 4.29. The van der Waals surface area contributed by atoms with Crippen LogP contribution >= 0.6 is 11.3 Å². The van der Waals surface area contributed by atoms with E-state index >= 15 is 0 Å². The molecule has 6 heteroatoms. The summed E-state index contributed by atoms with van der Waals surface area (Å²) in [5.74, 6) is -0.490. The molecule has 0 aliphatic heterocycles. The summed E-state index contributed by atoms with van der Waals surface area (Å²) >= 11 is 1.50. The van der Waals surface area contributed by atoms with E-state index < -0.39 is 0 Å². The zero-order valence-corrected chi connectivity index (χ0v) is 15.1. The predicted octanol–water partition coefficient (Wildman–Crippen LogP) is 3.14. The van der Waals surface area contributed by atoms with Crippen molar-refractivity contribution in [3.63, 3.8) is 0 Å². The zero-order chi connectivity index (χ0) is 17.6. The Morgan fingerprint density at radius 1 is 1.20 bits per heavy atom. The van der Waals surface area contributed by atoms with Crippen LogP contribution in [0.5, 0.6) is 0 Å².